The van der Waals surface area contributed by atoms with Gasteiger partial charge in [0.05, 0.1) is 38.5 Å². The van der Waals surface area contributed by atoms with Crippen molar-refractivity contribution >= 4 is 61.9 Å². The molecule has 0 aliphatic heterocycles. The zero-order chi connectivity index (χ0) is 22.1. The molecule has 0 aliphatic rings. The lowest BCUT2D eigenvalue weighted by Gasteiger charge is -2.11. The SMILES string of the molecule is Cc1nc(-c2ccc(CNC(=O)C(C)SCc3nc4sc(C)c(C)c4c(=O)[nH]3)s2)cs1. The van der Waals surface area contributed by atoms with Gasteiger partial charge in [-0.1, -0.05) is 0 Å². The number of H-pyrrole nitrogens is 1. The van der Waals surface area contributed by atoms with Crippen LogP contribution in [0.15, 0.2) is 22.3 Å². The average molecular weight is 491 g/mol. The van der Waals surface area contributed by atoms with E-state index in [1.54, 1.807) is 22.7 Å². The first kappa shape index (κ1) is 22.2. The Morgan fingerprint density at radius 2 is 2.03 bits per heavy atom. The number of thiophene rings is 2. The third-order valence-corrected chi connectivity index (χ3v) is 9.03. The fraction of sp³-hybridized carbons (Fsp3) is 0.333. The summed E-state index contributed by atoms with van der Waals surface area (Å²) in [5.74, 6) is 1.04. The van der Waals surface area contributed by atoms with Crippen LogP contribution in [0, 0.1) is 20.8 Å². The number of hydrogen-bond acceptors (Lipinski definition) is 8. The van der Waals surface area contributed by atoms with Crippen LogP contribution < -0.4 is 10.9 Å². The zero-order valence-electron chi connectivity index (χ0n) is 17.6. The van der Waals surface area contributed by atoms with Crippen LogP contribution in [0.5, 0.6) is 0 Å². The van der Waals surface area contributed by atoms with Crippen molar-refractivity contribution in [2.24, 2.45) is 0 Å². The molecule has 4 aromatic rings. The number of aromatic nitrogens is 3. The van der Waals surface area contributed by atoms with Gasteiger partial charge in [0.25, 0.3) is 5.56 Å². The second-order valence-electron chi connectivity index (χ2n) is 7.16. The van der Waals surface area contributed by atoms with Gasteiger partial charge in [0.1, 0.15) is 10.7 Å². The minimum Gasteiger partial charge on any atom is -0.350 e. The molecule has 1 atom stereocenters. The summed E-state index contributed by atoms with van der Waals surface area (Å²) in [5, 5.41) is 6.51. The number of carbonyl (C=O) groups is 1. The predicted octanol–water partition coefficient (Wildman–Crippen LogP) is 5.03. The molecule has 1 amide bonds. The lowest BCUT2D eigenvalue weighted by Crippen LogP contribution is -2.30. The summed E-state index contributed by atoms with van der Waals surface area (Å²) in [4.78, 5) is 40.9. The molecule has 4 rings (SSSR count). The monoisotopic (exact) mass is 490 g/mol. The Balaban J connectivity index is 1.32. The third-order valence-electron chi connectivity index (χ3n) is 4.90. The van der Waals surface area contributed by atoms with Crippen LogP contribution in [0.25, 0.3) is 20.8 Å². The number of nitrogens with zero attached hydrogens (tertiary/aromatic N) is 2. The van der Waals surface area contributed by atoms with Gasteiger partial charge < -0.3 is 10.3 Å². The number of rotatable bonds is 7. The van der Waals surface area contributed by atoms with Crippen LogP contribution in [0.4, 0.5) is 0 Å². The van der Waals surface area contributed by atoms with Gasteiger partial charge in [-0.15, -0.1) is 45.8 Å². The quantitative estimate of drug-likeness (QED) is 0.379. The van der Waals surface area contributed by atoms with Gasteiger partial charge in [0.15, 0.2) is 0 Å². The van der Waals surface area contributed by atoms with Crippen LogP contribution in [0.2, 0.25) is 0 Å². The molecule has 0 saturated carbocycles. The standard InChI is InChI=1S/C21H22N4O2S4/c1-10-11(2)30-21-18(10)20(27)24-17(25-21)9-28-12(3)19(26)22-7-14-5-6-16(31-14)15-8-29-13(4)23-15/h5-6,8,12H,7,9H2,1-4H3,(H,22,26)(H,24,25,27). The number of aromatic amines is 1. The van der Waals surface area contributed by atoms with Crippen LogP contribution in [0.1, 0.15) is 33.1 Å². The highest BCUT2D eigenvalue weighted by atomic mass is 32.2. The van der Waals surface area contributed by atoms with E-state index in [0.717, 1.165) is 35.7 Å². The van der Waals surface area contributed by atoms with Crippen molar-refractivity contribution in [2.75, 3.05) is 0 Å². The molecule has 0 bridgehead atoms. The van der Waals surface area contributed by atoms with Gasteiger partial charge in [0.2, 0.25) is 5.91 Å². The van der Waals surface area contributed by atoms with Crippen LogP contribution in [0.3, 0.4) is 0 Å². The molecule has 0 fully saturated rings. The summed E-state index contributed by atoms with van der Waals surface area (Å²) >= 11 is 6.27. The Morgan fingerprint density at radius 1 is 1.23 bits per heavy atom. The molecule has 4 aromatic heterocycles. The van der Waals surface area contributed by atoms with E-state index in [9.17, 15) is 9.59 Å². The average Bonchev–Trinajstić information content (AvgIpc) is 3.44. The van der Waals surface area contributed by atoms with E-state index in [2.05, 4.69) is 25.6 Å². The van der Waals surface area contributed by atoms with Crippen molar-refractivity contribution in [3.8, 4) is 10.6 Å². The summed E-state index contributed by atoms with van der Waals surface area (Å²) in [7, 11) is 0. The van der Waals surface area contributed by atoms with E-state index in [-0.39, 0.29) is 16.7 Å². The van der Waals surface area contributed by atoms with Crippen molar-refractivity contribution in [3.63, 3.8) is 0 Å². The van der Waals surface area contributed by atoms with E-state index < -0.39 is 0 Å². The normalized spacial score (nSPS) is 12.4. The van der Waals surface area contributed by atoms with E-state index in [4.69, 9.17) is 0 Å². The summed E-state index contributed by atoms with van der Waals surface area (Å²) < 4.78 is 0. The first-order valence-electron chi connectivity index (χ1n) is 9.71. The highest BCUT2D eigenvalue weighted by Crippen LogP contribution is 2.29. The van der Waals surface area contributed by atoms with Crippen molar-refractivity contribution < 1.29 is 4.79 Å². The van der Waals surface area contributed by atoms with E-state index >= 15 is 0 Å². The van der Waals surface area contributed by atoms with Gasteiger partial charge in [-0.2, -0.15) is 0 Å². The maximum absolute atomic E-state index is 12.5. The molecular weight excluding hydrogens is 469 g/mol. The number of thiazole rings is 1. The second kappa shape index (κ2) is 9.23. The van der Waals surface area contributed by atoms with Crippen molar-refractivity contribution in [3.05, 3.63) is 54.0 Å². The molecule has 4 heterocycles. The highest BCUT2D eigenvalue weighted by Gasteiger charge is 2.16. The predicted molar refractivity (Wildman–Crippen MR) is 132 cm³/mol. The molecule has 162 valence electrons. The fourth-order valence-electron chi connectivity index (χ4n) is 3.05. The molecular formula is C21H22N4O2S4. The minimum absolute atomic E-state index is 0.0318. The Morgan fingerprint density at radius 3 is 2.77 bits per heavy atom. The lowest BCUT2D eigenvalue weighted by atomic mass is 10.2. The van der Waals surface area contributed by atoms with Crippen molar-refractivity contribution in [2.45, 2.75) is 45.2 Å². The number of amides is 1. The van der Waals surface area contributed by atoms with Gasteiger partial charge in [-0.05, 0) is 45.4 Å². The second-order valence-corrected chi connectivity index (χ2v) is 11.9. The minimum atomic E-state index is -0.256. The van der Waals surface area contributed by atoms with Crippen LogP contribution >= 0.6 is 45.8 Å². The number of hydrogen-bond donors (Lipinski definition) is 2. The van der Waals surface area contributed by atoms with Gasteiger partial charge in [0, 0.05) is 15.1 Å². The fourth-order valence-corrected chi connectivity index (χ4v) is 6.48. The largest absolute Gasteiger partial charge is 0.350 e. The highest BCUT2D eigenvalue weighted by molar-refractivity contribution is 7.99. The molecule has 0 aliphatic carbocycles. The number of carbonyl (C=O) groups excluding carboxylic acids is 1. The summed E-state index contributed by atoms with van der Waals surface area (Å²) in [6, 6.07) is 4.08. The van der Waals surface area contributed by atoms with Crippen LogP contribution in [-0.4, -0.2) is 26.1 Å². The molecule has 10 heteroatoms. The van der Waals surface area contributed by atoms with Gasteiger partial charge in [-0.3, -0.25) is 9.59 Å². The van der Waals surface area contributed by atoms with E-state index in [0.29, 0.717) is 23.5 Å². The molecule has 31 heavy (non-hydrogen) atoms. The Labute approximate surface area is 196 Å². The maximum Gasteiger partial charge on any atom is 0.259 e. The van der Waals surface area contributed by atoms with E-state index in [1.165, 1.54) is 23.1 Å². The third kappa shape index (κ3) is 4.92. The van der Waals surface area contributed by atoms with Gasteiger partial charge in [-0.25, -0.2) is 9.97 Å². The molecule has 0 radical (unpaired) electrons. The van der Waals surface area contributed by atoms with Crippen molar-refractivity contribution in [1.29, 1.82) is 0 Å². The summed E-state index contributed by atoms with van der Waals surface area (Å²) in [6.07, 6.45) is 0. The zero-order valence-corrected chi connectivity index (χ0v) is 20.8. The van der Waals surface area contributed by atoms with Crippen molar-refractivity contribution in [1.82, 2.24) is 20.3 Å². The van der Waals surface area contributed by atoms with E-state index in [1.807, 2.05) is 39.8 Å². The smallest absolute Gasteiger partial charge is 0.259 e. The first-order valence-corrected chi connectivity index (χ1v) is 13.3. The number of aryl methyl sites for hydroxylation is 3. The first-order chi connectivity index (χ1) is 14.8. The molecule has 6 nitrogen and oxygen atoms in total. The lowest BCUT2D eigenvalue weighted by molar-refractivity contribution is -0.120. The maximum atomic E-state index is 12.5. The number of thioether (sulfide) groups is 1. The number of fused-ring (bicyclic) bond motifs is 1. The molecule has 1 unspecified atom stereocenters. The number of nitrogens with one attached hydrogen (secondary N) is 2. The molecule has 2 N–H and O–H groups in total. The van der Waals surface area contributed by atoms with Gasteiger partial charge >= 0.3 is 0 Å². The topological polar surface area (TPSA) is 87.7 Å². The molecule has 0 aromatic carbocycles. The Kier molecular flexibility index (Phi) is 6.61. The Bertz CT molecular complexity index is 1300. The molecule has 0 spiro atoms. The van der Waals surface area contributed by atoms with Crippen LogP contribution in [-0.2, 0) is 17.1 Å². The summed E-state index contributed by atoms with van der Waals surface area (Å²) in [6.45, 7) is 8.30. The Hall–Kier alpha value is -2.01. The summed E-state index contributed by atoms with van der Waals surface area (Å²) in [5.41, 5.74) is 1.87. The molecule has 0 saturated heterocycles.